The molecular weight excluding hydrogens is 456 g/mol. The van der Waals surface area contributed by atoms with E-state index in [0.717, 1.165) is 37.1 Å². The van der Waals surface area contributed by atoms with Crippen LogP contribution < -0.4 is 5.32 Å². The Balaban J connectivity index is 1.79. The number of nitrogens with one attached hydrogen (secondary N) is 1. The quantitative estimate of drug-likeness (QED) is 0.295. The lowest BCUT2D eigenvalue weighted by Gasteiger charge is -2.51. The van der Waals surface area contributed by atoms with Crippen molar-refractivity contribution in [1.82, 2.24) is 10.2 Å². The van der Waals surface area contributed by atoms with Gasteiger partial charge in [0.25, 0.3) is 0 Å². The van der Waals surface area contributed by atoms with Crippen molar-refractivity contribution in [2.24, 2.45) is 16.7 Å². The third kappa shape index (κ3) is 6.60. The number of aryl methyl sites for hydroxylation is 1. The average Bonchev–Trinajstić information content (AvgIpc) is 3.25. The molecule has 1 N–H and O–H groups in total. The molecule has 1 aliphatic carbocycles. The van der Waals surface area contributed by atoms with E-state index in [1.165, 1.54) is 26.4 Å². The van der Waals surface area contributed by atoms with Crippen molar-refractivity contribution in [3.8, 4) is 0 Å². The van der Waals surface area contributed by atoms with Gasteiger partial charge in [-0.15, -0.1) is 0 Å². The Labute approximate surface area is 216 Å². The maximum absolute atomic E-state index is 13.7. The number of fused-ring (bicyclic) bond motifs is 1. The van der Waals surface area contributed by atoms with Gasteiger partial charge < -0.3 is 19.4 Å². The number of likely N-dealkylation sites (tertiary alicyclic amines) is 1. The standard InChI is InChI=1S/C29H44N2O5/c1-6-7-8-9-10-11-16-31-24-14-15-28(3,4)20-29(24,27(34)35-5)18-22(26(31)33)17-25(32)30-19-23-13-12-21(2)36-23/h12-14,22H,6-11,15-20H2,1-5H3,(H,30,32)/t22-,29-/m1/s1. The number of methoxy groups -OCH3 is 1. The molecule has 200 valence electrons. The first-order valence-corrected chi connectivity index (χ1v) is 13.5. The highest BCUT2D eigenvalue weighted by molar-refractivity contribution is 5.92. The number of carbonyl (C=O) groups is 3. The van der Waals surface area contributed by atoms with Crippen LogP contribution in [0.5, 0.6) is 0 Å². The van der Waals surface area contributed by atoms with Crippen molar-refractivity contribution in [2.45, 2.75) is 98.4 Å². The van der Waals surface area contributed by atoms with Gasteiger partial charge in [0, 0.05) is 24.6 Å². The fourth-order valence-electron chi connectivity index (χ4n) is 5.90. The molecule has 0 aromatic carbocycles. The Bertz CT molecular complexity index is 963. The van der Waals surface area contributed by atoms with Crippen LogP contribution in [-0.4, -0.2) is 36.3 Å². The minimum Gasteiger partial charge on any atom is -0.468 e. The van der Waals surface area contributed by atoms with Crippen LogP contribution in [0.2, 0.25) is 0 Å². The molecule has 0 radical (unpaired) electrons. The van der Waals surface area contributed by atoms with Crippen LogP contribution in [-0.2, 0) is 25.7 Å². The van der Waals surface area contributed by atoms with E-state index >= 15 is 0 Å². The predicted octanol–water partition coefficient (Wildman–Crippen LogP) is 5.67. The van der Waals surface area contributed by atoms with E-state index in [1.807, 2.05) is 24.0 Å². The maximum Gasteiger partial charge on any atom is 0.317 e. The van der Waals surface area contributed by atoms with Gasteiger partial charge in [-0.05, 0) is 50.2 Å². The van der Waals surface area contributed by atoms with Gasteiger partial charge in [0.2, 0.25) is 11.8 Å². The van der Waals surface area contributed by atoms with Gasteiger partial charge in [-0.1, -0.05) is 59.0 Å². The summed E-state index contributed by atoms with van der Waals surface area (Å²) in [6, 6.07) is 3.68. The Morgan fingerprint density at radius 2 is 1.89 bits per heavy atom. The normalized spacial score (nSPS) is 23.1. The molecule has 0 bridgehead atoms. The number of esters is 1. The van der Waals surface area contributed by atoms with E-state index in [9.17, 15) is 14.4 Å². The van der Waals surface area contributed by atoms with Crippen molar-refractivity contribution in [3.05, 3.63) is 35.4 Å². The topological polar surface area (TPSA) is 88.9 Å². The fraction of sp³-hybridized carbons (Fsp3) is 0.690. The van der Waals surface area contributed by atoms with Gasteiger partial charge in [0.05, 0.1) is 13.7 Å². The van der Waals surface area contributed by atoms with Crippen molar-refractivity contribution < 1.29 is 23.5 Å². The lowest BCUT2D eigenvalue weighted by Crippen LogP contribution is -2.56. The molecule has 1 aliphatic heterocycles. The number of hydrogen-bond donors (Lipinski definition) is 1. The summed E-state index contributed by atoms with van der Waals surface area (Å²) in [5, 5.41) is 2.88. The zero-order valence-electron chi connectivity index (χ0n) is 22.8. The Morgan fingerprint density at radius 1 is 1.17 bits per heavy atom. The number of rotatable bonds is 12. The average molecular weight is 501 g/mol. The molecule has 7 heteroatoms. The van der Waals surface area contributed by atoms with E-state index < -0.39 is 11.3 Å². The second kappa shape index (κ2) is 12.1. The highest BCUT2D eigenvalue weighted by Crippen LogP contribution is 2.54. The van der Waals surface area contributed by atoms with E-state index in [1.54, 1.807) is 0 Å². The SMILES string of the molecule is CCCCCCCCN1C(=O)[C@H](CC(=O)NCc2ccc(C)o2)C[C@@]2(C(=O)OC)CC(C)(C)CC=C12. The summed E-state index contributed by atoms with van der Waals surface area (Å²) < 4.78 is 10.9. The molecule has 0 saturated carbocycles. The Morgan fingerprint density at radius 3 is 2.56 bits per heavy atom. The van der Waals surface area contributed by atoms with E-state index in [0.29, 0.717) is 25.1 Å². The van der Waals surface area contributed by atoms with Gasteiger partial charge in [-0.2, -0.15) is 0 Å². The van der Waals surface area contributed by atoms with Crippen LogP contribution in [0.4, 0.5) is 0 Å². The minimum atomic E-state index is -0.907. The third-order valence-electron chi connectivity index (χ3n) is 7.62. The van der Waals surface area contributed by atoms with E-state index in [2.05, 4.69) is 32.2 Å². The van der Waals surface area contributed by atoms with Crippen LogP contribution in [0.1, 0.15) is 96.5 Å². The molecule has 2 heterocycles. The van der Waals surface area contributed by atoms with Crippen LogP contribution in [0.3, 0.4) is 0 Å². The molecule has 2 amide bonds. The van der Waals surface area contributed by atoms with Crippen LogP contribution >= 0.6 is 0 Å². The summed E-state index contributed by atoms with van der Waals surface area (Å²) in [5.74, 6) is 0.298. The highest BCUT2D eigenvalue weighted by atomic mass is 16.5. The number of hydrogen-bond acceptors (Lipinski definition) is 5. The number of furan rings is 1. The number of nitrogens with zero attached hydrogens (tertiary/aromatic N) is 1. The Kier molecular flexibility index (Phi) is 9.42. The lowest BCUT2D eigenvalue weighted by molar-refractivity contribution is -0.162. The van der Waals surface area contributed by atoms with Gasteiger partial charge >= 0.3 is 5.97 Å². The summed E-state index contributed by atoms with van der Waals surface area (Å²) in [4.78, 5) is 41.7. The largest absolute Gasteiger partial charge is 0.468 e. The van der Waals surface area contributed by atoms with Gasteiger partial charge in [0.1, 0.15) is 16.9 Å². The maximum atomic E-state index is 13.7. The molecule has 0 spiro atoms. The smallest absolute Gasteiger partial charge is 0.317 e. The predicted molar refractivity (Wildman–Crippen MR) is 139 cm³/mol. The first kappa shape index (κ1) is 28.0. The number of ether oxygens (including phenoxy) is 1. The number of piperidine rings is 1. The first-order chi connectivity index (χ1) is 17.1. The highest BCUT2D eigenvalue weighted by Gasteiger charge is 2.57. The van der Waals surface area contributed by atoms with Gasteiger partial charge in [-0.25, -0.2) is 0 Å². The molecule has 1 aromatic rings. The molecule has 1 aromatic heterocycles. The summed E-state index contributed by atoms with van der Waals surface area (Å²) in [6.45, 7) is 9.18. The van der Waals surface area contributed by atoms with Crippen molar-refractivity contribution in [3.63, 3.8) is 0 Å². The molecule has 7 nitrogen and oxygen atoms in total. The molecule has 1 fully saturated rings. The minimum absolute atomic E-state index is 0.0397. The molecule has 36 heavy (non-hydrogen) atoms. The van der Waals surface area contributed by atoms with Crippen LogP contribution in [0.15, 0.2) is 28.3 Å². The zero-order chi connectivity index (χ0) is 26.3. The van der Waals surface area contributed by atoms with Crippen LogP contribution in [0, 0.1) is 23.7 Å². The van der Waals surface area contributed by atoms with Crippen molar-refractivity contribution >= 4 is 17.8 Å². The van der Waals surface area contributed by atoms with Crippen molar-refractivity contribution in [2.75, 3.05) is 13.7 Å². The van der Waals surface area contributed by atoms with E-state index in [-0.39, 0.29) is 36.2 Å². The summed E-state index contributed by atoms with van der Waals surface area (Å²) in [6.07, 6.45) is 10.5. The van der Waals surface area contributed by atoms with Gasteiger partial charge in [0.15, 0.2) is 0 Å². The lowest BCUT2D eigenvalue weighted by atomic mass is 9.59. The third-order valence-corrected chi connectivity index (χ3v) is 7.62. The summed E-state index contributed by atoms with van der Waals surface area (Å²) in [5.41, 5.74) is -0.223. The zero-order valence-corrected chi connectivity index (χ0v) is 22.8. The van der Waals surface area contributed by atoms with Crippen LogP contribution in [0.25, 0.3) is 0 Å². The molecule has 1 saturated heterocycles. The monoisotopic (exact) mass is 500 g/mol. The summed E-state index contributed by atoms with van der Waals surface area (Å²) in [7, 11) is 1.41. The van der Waals surface area contributed by atoms with Gasteiger partial charge in [-0.3, -0.25) is 14.4 Å². The summed E-state index contributed by atoms with van der Waals surface area (Å²) >= 11 is 0. The Hall–Kier alpha value is -2.57. The van der Waals surface area contributed by atoms with E-state index in [4.69, 9.17) is 9.15 Å². The number of unbranched alkanes of at least 4 members (excludes halogenated alkanes) is 5. The molecule has 3 rings (SSSR count). The fourth-order valence-corrected chi connectivity index (χ4v) is 5.90. The second-order valence-corrected chi connectivity index (χ2v) is 11.4. The molecular formula is C29H44N2O5. The molecule has 2 atom stereocenters. The first-order valence-electron chi connectivity index (χ1n) is 13.5. The number of carbonyl (C=O) groups excluding carboxylic acids is 3. The molecule has 0 unspecified atom stereocenters. The number of allylic oxidation sites excluding steroid dienone is 1. The van der Waals surface area contributed by atoms with Crippen molar-refractivity contribution in [1.29, 1.82) is 0 Å². The number of amides is 2. The second-order valence-electron chi connectivity index (χ2n) is 11.4. The molecule has 2 aliphatic rings.